The topological polar surface area (TPSA) is 76.5 Å². The molecule has 1 aromatic rings. The van der Waals surface area contributed by atoms with Gasteiger partial charge in [-0.05, 0) is 13.8 Å². The summed E-state index contributed by atoms with van der Waals surface area (Å²) in [6, 6.07) is 0. The molecule has 0 spiro atoms. The van der Waals surface area contributed by atoms with Gasteiger partial charge in [0.05, 0.1) is 11.6 Å². The first-order valence-electron chi connectivity index (χ1n) is 3.94. The number of carbonyl (C=O) groups excluding carboxylic acids is 1. The molecule has 0 radical (unpaired) electrons. The van der Waals surface area contributed by atoms with Crippen molar-refractivity contribution in [3.05, 3.63) is 15.6 Å². The van der Waals surface area contributed by atoms with E-state index in [0.717, 1.165) is 11.3 Å². The van der Waals surface area contributed by atoms with Gasteiger partial charge in [-0.2, -0.15) is 0 Å². The number of esters is 1. The van der Waals surface area contributed by atoms with Gasteiger partial charge in [0.25, 0.3) is 0 Å². The normalized spacial score (nSPS) is 9.86. The Bertz CT molecular complexity index is 371. The van der Waals surface area contributed by atoms with Crippen LogP contribution in [-0.2, 0) is 4.74 Å². The van der Waals surface area contributed by atoms with E-state index in [9.17, 15) is 9.59 Å². The molecule has 1 N–H and O–H groups in total. The number of carboxylic acids is 1. The fourth-order valence-corrected chi connectivity index (χ4v) is 1.66. The lowest BCUT2D eigenvalue weighted by Gasteiger charge is -1.98. The molecule has 14 heavy (non-hydrogen) atoms. The molecule has 0 saturated heterocycles. The summed E-state index contributed by atoms with van der Waals surface area (Å²) in [7, 11) is 0. The molecule has 0 saturated carbocycles. The maximum absolute atomic E-state index is 11.2. The van der Waals surface area contributed by atoms with E-state index in [4.69, 9.17) is 5.11 Å². The SMILES string of the molecule is CCOC(=O)c1nc(C)sc1C(=O)O. The van der Waals surface area contributed by atoms with E-state index < -0.39 is 11.9 Å². The molecule has 1 rings (SSSR count). The average molecular weight is 215 g/mol. The molecule has 0 aliphatic heterocycles. The molecule has 5 nitrogen and oxygen atoms in total. The van der Waals surface area contributed by atoms with Crippen LogP contribution in [-0.4, -0.2) is 28.6 Å². The Morgan fingerprint density at radius 1 is 1.57 bits per heavy atom. The second-order valence-corrected chi connectivity index (χ2v) is 3.64. The van der Waals surface area contributed by atoms with E-state index in [1.54, 1.807) is 13.8 Å². The number of carbonyl (C=O) groups is 2. The number of ether oxygens (including phenoxy) is 1. The number of nitrogens with zero attached hydrogens (tertiary/aromatic N) is 1. The number of carboxylic acid groups (broad SMARTS) is 1. The van der Waals surface area contributed by atoms with Gasteiger partial charge in [-0.15, -0.1) is 11.3 Å². The lowest BCUT2D eigenvalue weighted by atomic mass is 10.3. The zero-order valence-corrected chi connectivity index (χ0v) is 8.55. The molecule has 1 heterocycles. The van der Waals surface area contributed by atoms with Gasteiger partial charge < -0.3 is 9.84 Å². The average Bonchev–Trinajstić information content (AvgIpc) is 2.48. The van der Waals surface area contributed by atoms with E-state index in [1.807, 2.05) is 0 Å². The first kappa shape index (κ1) is 10.6. The molecule has 0 amide bonds. The zero-order chi connectivity index (χ0) is 10.7. The van der Waals surface area contributed by atoms with Gasteiger partial charge >= 0.3 is 11.9 Å². The number of hydrogen-bond donors (Lipinski definition) is 1. The van der Waals surface area contributed by atoms with Crippen LogP contribution in [0.5, 0.6) is 0 Å². The summed E-state index contributed by atoms with van der Waals surface area (Å²) in [5, 5.41) is 9.29. The molecule has 0 aliphatic carbocycles. The standard InChI is InChI=1S/C8H9NO4S/c1-3-13-8(12)5-6(7(10)11)14-4(2)9-5/h3H2,1-2H3,(H,10,11). The molecule has 6 heteroatoms. The van der Waals surface area contributed by atoms with Crippen LogP contribution in [0.15, 0.2) is 0 Å². The minimum atomic E-state index is -1.15. The van der Waals surface area contributed by atoms with Crippen LogP contribution in [0, 0.1) is 6.92 Å². The summed E-state index contributed by atoms with van der Waals surface area (Å²) in [6.07, 6.45) is 0. The molecule has 0 bridgehead atoms. The van der Waals surface area contributed by atoms with E-state index in [0.29, 0.717) is 5.01 Å². The monoisotopic (exact) mass is 215 g/mol. The fraction of sp³-hybridized carbons (Fsp3) is 0.375. The Balaban J connectivity index is 3.06. The van der Waals surface area contributed by atoms with Crippen LogP contribution >= 0.6 is 11.3 Å². The van der Waals surface area contributed by atoms with Crippen molar-refractivity contribution < 1.29 is 19.4 Å². The lowest BCUT2D eigenvalue weighted by molar-refractivity contribution is 0.0509. The van der Waals surface area contributed by atoms with Crippen LogP contribution in [0.25, 0.3) is 0 Å². The van der Waals surface area contributed by atoms with E-state index in [2.05, 4.69) is 9.72 Å². The summed E-state index contributed by atoms with van der Waals surface area (Å²) in [6.45, 7) is 3.49. The Morgan fingerprint density at radius 3 is 2.71 bits per heavy atom. The van der Waals surface area contributed by atoms with Crippen molar-refractivity contribution in [2.45, 2.75) is 13.8 Å². The third kappa shape index (κ3) is 2.08. The van der Waals surface area contributed by atoms with Crippen molar-refractivity contribution >= 4 is 23.3 Å². The molecular weight excluding hydrogens is 206 g/mol. The van der Waals surface area contributed by atoms with Crippen molar-refractivity contribution in [1.82, 2.24) is 4.98 Å². The van der Waals surface area contributed by atoms with Crippen LogP contribution in [0.3, 0.4) is 0 Å². The Labute approximate surface area is 84.3 Å². The second kappa shape index (κ2) is 4.19. The molecule has 0 fully saturated rings. The van der Waals surface area contributed by atoms with E-state index in [1.165, 1.54) is 0 Å². The minimum absolute atomic E-state index is 0.0686. The highest BCUT2D eigenvalue weighted by atomic mass is 32.1. The van der Waals surface area contributed by atoms with Crippen molar-refractivity contribution in [3.8, 4) is 0 Å². The van der Waals surface area contributed by atoms with Gasteiger partial charge in [-0.1, -0.05) is 0 Å². The highest BCUT2D eigenvalue weighted by Crippen LogP contribution is 2.18. The Morgan fingerprint density at radius 2 is 2.21 bits per heavy atom. The molecule has 76 valence electrons. The summed E-state index contributed by atoms with van der Waals surface area (Å²) in [5.41, 5.74) is -0.109. The maximum Gasteiger partial charge on any atom is 0.358 e. The number of hydrogen-bond acceptors (Lipinski definition) is 5. The largest absolute Gasteiger partial charge is 0.477 e. The number of aryl methyl sites for hydroxylation is 1. The molecule has 1 aromatic heterocycles. The zero-order valence-electron chi connectivity index (χ0n) is 7.73. The van der Waals surface area contributed by atoms with Crippen LogP contribution < -0.4 is 0 Å². The molecule has 0 aromatic carbocycles. The summed E-state index contributed by atoms with van der Waals surface area (Å²) in [5.74, 6) is -1.84. The van der Waals surface area contributed by atoms with E-state index >= 15 is 0 Å². The second-order valence-electron chi connectivity index (χ2n) is 2.44. The van der Waals surface area contributed by atoms with Crippen LogP contribution in [0.1, 0.15) is 32.1 Å². The van der Waals surface area contributed by atoms with Crippen molar-refractivity contribution in [2.24, 2.45) is 0 Å². The number of rotatable bonds is 3. The number of thiazole rings is 1. The fourth-order valence-electron chi connectivity index (χ4n) is 0.910. The summed E-state index contributed by atoms with van der Waals surface area (Å²) in [4.78, 5) is 25.7. The predicted molar refractivity (Wildman–Crippen MR) is 49.8 cm³/mol. The van der Waals surface area contributed by atoms with Gasteiger partial charge in [-0.25, -0.2) is 14.6 Å². The van der Waals surface area contributed by atoms with Gasteiger partial charge in [-0.3, -0.25) is 0 Å². The minimum Gasteiger partial charge on any atom is -0.477 e. The molecule has 0 aliphatic rings. The highest BCUT2D eigenvalue weighted by molar-refractivity contribution is 7.13. The van der Waals surface area contributed by atoms with Crippen LogP contribution in [0.4, 0.5) is 0 Å². The number of aromatic nitrogens is 1. The number of aromatic carboxylic acids is 1. The Hall–Kier alpha value is -1.43. The third-order valence-electron chi connectivity index (χ3n) is 1.40. The highest BCUT2D eigenvalue weighted by Gasteiger charge is 2.22. The predicted octanol–water partition coefficient (Wildman–Crippen LogP) is 1.33. The van der Waals surface area contributed by atoms with Gasteiger partial charge in [0.1, 0.15) is 4.88 Å². The van der Waals surface area contributed by atoms with Crippen LogP contribution in [0.2, 0.25) is 0 Å². The van der Waals surface area contributed by atoms with E-state index in [-0.39, 0.29) is 17.2 Å². The molecular formula is C8H9NO4S. The quantitative estimate of drug-likeness (QED) is 0.769. The van der Waals surface area contributed by atoms with Gasteiger partial charge in [0.2, 0.25) is 0 Å². The lowest BCUT2D eigenvalue weighted by Crippen LogP contribution is -2.10. The Kier molecular flexibility index (Phi) is 3.19. The van der Waals surface area contributed by atoms with Gasteiger partial charge in [0, 0.05) is 0 Å². The van der Waals surface area contributed by atoms with Crippen molar-refractivity contribution in [2.75, 3.05) is 6.61 Å². The molecule has 0 atom stereocenters. The smallest absolute Gasteiger partial charge is 0.358 e. The summed E-state index contributed by atoms with van der Waals surface area (Å²) >= 11 is 0.965. The van der Waals surface area contributed by atoms with Crippen molar-refractivity contribution in [3.63, 3.8) is 0 Å². The maximum atomic E-state index is 11.2. The first-order chi connectivity index (χ1) is 6.56. The first-order valence-corrected chi connectivity index (χ1v) is 4.75. The van der Waals surface area contributed by atoms with Gasteiger partial charge in [0.15, 0.2) is 5.69 Å². The van der Waals surface area contributed by atoms with Crippen molar-refractivity contribution in [1.29, 1.82) is 0 Å². The molecule has 0 unspecified atom stereocenters. The third-order valence-corrected chi connectivity index (χ3v) is 2.36. The summed E-state index contributed by atoms with van der Waals surface area (Å²) < 4.78 is 4.67.